The van der Waals surface area contributed by atoms with Crippen molar-refractivity contribution < 1.29 is 9.59 Å². The van der Waals surface area contributed by atoms with Gasteiger partial charge in [-0.25, -0.2) is 0 Å². The molecule has 0 aliphatic rings. The molecule has 0 aromatic heterocycles. The first kappa shape index (κ1) is 17.0. The third-order valence-corrected chi connectivity index (χ3v) is 3.73. The molecule has 2 aromatic rings. The van der Waals surface area contributed by atoms with Crippen molar-refractivity contribution in [3.8, 4) is 0 Å². The Balaban J connectivity index is 2.11. The molecule has 0 unspecified atom stereocenters. The molecular formula is C18H19ClN2O2. The smallest absolute Gasteiger partial charge is 0.313 e. The fourth-order valence-electron chi connectivity index (χ4n) is 2.14. The normalized spacial score (nSPS) is 10.4. The number of hydrogen-bond acceptors (Lipinski definition) is 2. The third kappa shape index (κ3) is 4.57. The van der Waals surface area contributed by atoms with Crippen LogP contribution in [0.25, 0.3) is 0 Å². The van der Waals surface area contributed by atoms with Gasteiger partial charge in [0.15, 0.2) is 0 Å². The Kier molecular flexibility index (Phi) is 5.77. The molecule has 0 atom stereocenters. The fourth-order valence-corrected chi connectivity index (χ4v) is 2.32. The van der Waals surface area contributed by atoms with Crippen molar-refractivity contribution in [2.24, 2.45) is 0 Å². The van der Waals surface area contributed by atoms with Crippen molar-refractivity contribution in [3.63, 3.8) is 0 Å². The second-order valence-electron chi connectivity index (χ2n) is 5.45. The van der Waals surface area contributed by atoms with Gasteiger partial charge < -0.3 is 10.2 Å². The molecule has 23 heavy (non-hydrogen) atoms. The summed E-state index contributed by atoms with van der Waals surface area (Å²) in [5, 5.41) is 2.97. The largest absolute Gasteiger partial charge is 0.328 e. The van der Waals surface area contributed by atoms with Gasteiger partial charge in [-0.3, -0.25) is 9.59 Å². The molecule has 0 saturated carbocycles. The van der Waals surface area contributed by atoms with Crippen molar-refractivity contribution in [2.75, 3.05) is 5.32 Å². The highest BCUT2D eigenvalue weighted by atomic mass is 35.5. The Morgan fingerprint density at radius 2 is 1.65 bits per heavy atom. The van der Waals surface area contributed by atoms with Crippen molar-refractivity contribution in [1.29, 1.82) is 0 Å². The summed E-state index contributed by atoms with van der Waals surface area (Å²) in [6.07, 6.45) is 0. The second kappa shape index (κ2) is 7.79. The lowest BCUT2D eigenvalue weighted by atomic mass is 10.2. The van der Waals surface area contributed by atoms with Gasteiger partial charge in [-0.2, -0.15) is 0 Å². The van der Waals surface area contributed by atoms with Gasteiger partial charge in [-0.15, -0.1) is 0 Å². The van der Waals surface area contributed by atoms with E-state index in [1.54, 1.807) is 24.3 Å². The van der Waals surface area contributed by atoms with Crippen LogP contribution in [0.2, 0.25) is 5.02 Å². The van der Waals surface area contributed by atoms with E-state index in [2.05, 4.69) is 5.32 Å². The first-order valence-electron chi connectivity index (χ1n) is 7.39. The van der Waals surface area contributed by atoms with Crippen molar-refractivity contribution >= 4 is 29.1 Å². The van der Waals surface area contributed by atoms with E-state index in [0.29, 0.717) is 17.3 Å². The number of hydrogen-bond donors (Lipinski definition) is 1. The zero-order chi connectivity index (χ0) is 16.8. The topological polar surface area (TPSA) is 49.4 Å². The number of amides is 2. The van der Waals surface area contributed by atoms with Gasteiger partial charge in [0.2, 0.25) is 0 Å². The molecular weight excluding hydrogens is 312 g/mol. The number of para-hydroxylation sites is 1. The number of carbonyl (C=O) groups excluding carboxylic acids is 2. The van der Waals surface area contributed by atoms with Crippen LogP contribution in [-0.4, -0.2) is 22.8 Å². The van der Waals surface area contributed by atoms with E-state index in [-0.39, 0.29) is 6.04 Å². The summed E-state index contributed by atoms with van der Waals surface area (Å²) in [5.74, 6) is -1.27. The molecule has 2 rings (SSSR count). The zero-order valence-electron chi connectivity index (χ0n) is 13.1. The van der Waals surface area contributed by atoms with Crippen LogP contribution >= 0.6 is 11.6 Å². The molecule has 0 spiro atoms. The minimum atomic E-state index is -0.692. The number of anilines is 1. The van der Waals surface area contributed by atoms with Crippen molar-refractivity contribution in [1.82, 2.24) is 4.90 Å². The highest BCUT2D eigenvalue weighted by Crippen LogP contribution is 2.20. The van der Waals surface area contributed by atoms with Gasteiger partial charge >= 0.3 is 11.8 Å². The standard InChI is InChI=1S/C18H19ClN2O2/c1-13(2)21(12-14-8-4-3-5-9-14)18(23)17(22)20-16-11-7-6-10-15(16)19/h3-11,13H,12H2,1-2H3,(H,20,22). The van der Waals surface area contributed by atoms with Crippen LogP contribution in [0.1, 0.15) is 19.4 Å². The van der Waals surface area contributed by atoms with E-state index >= 15 is 0 Å². The molecule has 120 valence electrons. The van der Waals surface area contributed by atoms with E-state index in [1.165, 1.54) is 4.90 Å². The molecule has 0 radical (unpaired) electrons. The summed E-state index contributed by atoms with van der Waals surface area (Å²) in [6, 6.07) is 16.3. The highest BCUT2D eigenvalue weighted by molar-refractivity contribution is 6.41. The quantitative estimate of drug-likeness (QED) is 0.869. The van der Waals surface area contributed by atoms with Gasteiger partial charge in [-0.1, -0.05) is 54.1 Å². The number of nitrogens with one attached hydrogen (secondary N) is 1. The lowest BCUT2D eigenvalue weighted by molar-refractivity contribution is -0.144. The predicted octanol–water partition coefficient (Wildman–Crippen LogP) is 3.72. The maximum absolute atomic E-state index is 12.5. The summed E-state index contributed by atoms with van der Waals surface area (Å²) in [7, 11) is 0. The highest BCUT2D eigenvalue weighted by Gasteiger charge is 2.24. The summed E-state index contributed by atoms with van der Waals surface area (Å²) in [6.45, 7) is 4.14. The average Bonchev–Trinajstić information content (AvgIpc) is 2.54. The average molecular weight is 331 g/mol. The SMILES string of the molecule is CC(C)N(Cc1ccccc1)C(=O)C(=O)Nc1ccccc1Cl. The van der Waals surface area contributed by atoms with Gasteiger partial charge in [0.25, 0.3) is 0 Å². The molecule has 1 N–H and O–H groups in total. The van der Waals surface area contributed by atoms with Crippen LogP contribution in [-0.2, 0) is 16.1 Å². The molecule has 4 nitrogen and oxygen atoms in total. The van der Waals surface area contributed by atoms with E-state index in [1.807, 2.05) is 44.2 Å². The molecule has 0 heterocycles. The van der Waals surface area contributed by atoms with Gasteiger partial charge in [0.1, 0.15) is 0 Å². The number of carbonyl (C=O) groups is 2. The lowest BCUT2D eigenvalue weighted by Gasteiger charge is -2.26. The number of nitrogens with zero attached hydrogens (tertiary/aromatic N) is 1. The summed E-state index contributed by atoms with van der Waals surface area (Å²) in [5.41, 5.74) is 1.40. The van der Waals surface area contributed by atoms with Crippen LogP contribution in [0.5, 0.6) is 0 Å². The Labute approximate surface area is 141 Å². The van der Waals surface area contributed by atoms with Crippen LogP contribution in [0.3, 0.4) is 0 Å². The summed E-state index contributed by atoms with van der Waals surface area (Å²) < 4.78 is 0. The Hall–Kier alpha value is -2.33. The number of rotatable bonds is 4. The maximum atomic E-state index is 12.5. The van der Waals surface area contributed by atoms with E-state index in [4.69, 9.17) is 11.6 Å². The third-order valence-electron chi connectivity index (χ3n) is 3.40. The van der Waals surface area contributed by atoms with E-state index < -0.39 is 11.8 Å². The van der Waals surface area contributed by atoms with Crippen LogP contribution in [0, 0.1) is 0 Å². The maximum Gasteiger partial charge on any atom is 0.313 e. The van der Waals surface area contributed by atoms with Crippen LogP contribution in [0.4, 0.5) is 5.69 Å². The molecule has 0 fully saturated rings. The Morgan fingerprint density at radius 3 is 2.26 bits per heavy atom. The molecule has 0 bridgehead atoms. The molecule has 0 aliphatic carbocycles. The van der Waals surface area contributed by atoms with Gasteiger partial charge in [-0.05, 0) is 31.5 Å². The molecule has 0 aliphatic heterocycles. The second-order valence-corrected chi connectivity index (χ2v) is 5.85. The molecule has 5 heteroatoms. The summed E-state index contributed by atoms with van der Waals surface area (Å²) >= 11 is 6.01. The lowest BCUT2D eigenvalue weighted by Crippen LogP contribution is -2.43. The first-order chi connectivity index (χ1) is 11.0. The zero-order valence-corrected chi connectivity index (χ0v) is 13.9. The molecule has 0 saturated heterocycles. The van der Waals surface area contributed by atoms with Crippen molar-refractivity contribution in [3.05, 3.63) is 65.2 Å². The van der Waals surface area contributed by atoms with Gasteiger partial charge in [0, 0.05) is 12.6 Å². The number of halogens is 1. The molecule has 2 amide bonds. The fraction of sp³-hybridized carbons (Fsp3) is 0.222. The van der Waals surface area contributed by atoms with Crippen molar-refractivity contribution in [2.45, 2.75) is 26.4 Å². The van der Waals surface area contributed by atoms with E-state index in [9.17, 15) is 9.59 Å². The monoisotopic (exact) mass is 330 g/mol. The minimum Gasteiger partial charge on any atom is -0.328 e. The first-order valence-corrected chi connectivity index (χ1v) is 7.77. The van der Waals surface area contributed by atoms with Crippen LogP contribution in [0.15, 0.2) is 54.6 Å². The van der Waals surface area contributed by atoms with Crippen LogP contribution < -0.4 is 5.32 Å². The number of benzene rings is 2. The minimum absolute atomic E-state index is 0.0975. The predicted molar refractivity (Wildman–Crippen MR) is 92.2 cm³/mol. The Morgan fingerprint density at radius 1 is 1.04 bits per heavy atom. The van der Waals surface area contributed by atoms with E-state index in [0.717, 1.165) is 5.56 Å². The van der Waals surface area contributed by atoms with Gasteiger partial charge in [0.05, 0.1) is 10.7 Å². The Bertz CT molecular complexity index is 686. The molecule has 2 aromatic carbocycles. The summed E-state index contributed by atoms with van der Waals surface area (Å²) in [4.78, 5) is 26.2.